The number of nitrogens with one attached hydrogen (secondary N) is 1. The molecule has 0 aliphatic carbocycles. The Balaban J connectivity index is 0.00000220. The minimum absolute atomic E-state index is 0. The molecule has 0 bridgehead atoms. The standard InChI is InChI=1S/C16H24N2O2.ClH/c1-3-18(16(19)15-6-4-5-11-17-15)12-13-7-9-14(20-2)10-8-13;/h7-10,15,17H,3-6,11-12H2,1-2H3;1H/t15-;/m1./s1. The number of likely N-dealkylation sites (N-methyl/N-ethyl adjacent to an activating group) is 1. The summed E-state index contributed by atoms with van der Waals surface area (Å²) >= 11 is 0. The Morgan fingerprint density at radius 1 is 1.33 bits per heavy atom. The number of halogens is 1. The average molecular weight is 313 g/mol. The molecule has 0 spiro atoms. The summed E-state index contributed by atoms with van der Waals surface area (Å²) in [6.07, 6.45) is 3.27. The molecule has 1 aliphatic rings. The molecule has 1 fully saturated rings. The van der Waals surface area contributed by atoms with E-state index in [2.05, 4.69) is 5.32 Å². The van der Waals surface area contributed by atoms with Crippen LogP contribution in [0.1, 0.15) is 31.7 Å². The fourth-order valence-corrected chi connectivity index (χ4v) is 2.58. The maximum atomic E-state index is 12.5. The molecule has 1 N–H and O–H groups in total. The molecule has 2 rings (SSSR count). The second kappa shape index (κ2) is 8.90. The number of hydrogen-bond donors (Lipinski definition) is 1. The van der Waals surface area contributed by atoms with Crippen LogP contribution in [0, 0.1) is 0 Å². The Kier molecular flexibility index (Phi) is 7.54. The Hall–Kier alpha value is -1.26. The predicted octanol–water partition coefficient (Wildman–Crippen LogP) is 2.61. The highest BCUT2D eigenvalue weighted by Crippen LogP contribution is 2.15. The first kappa shape index (κ1) is 17.8. The average Bonchev–Trinajstić information content (AvgIpc) is 2.53. The van der Waals surface area contributed by atoms with Crippen molar-refractivity contribution in [3.63, 3.8) is 0 Å². The topological polar surface area (TPSA) is 41.6 Å². The summed E-state index contributed by atoms with van der Waals surface area (Å²) in [6.45, 7) is 4.39. The second-order valence-corrected chi connectivity index (χ2v) is 5.20. The third kappa shape index (κ3) is 4.90. The van der Waals surface area contributed by atoms with Crippen molar-refractivity contribution < 1.29 is 9.53 Å². The highest BCUT2D eigenvalue weighted by Gasteiger charge is 2.24. The van der Waals surface area contributed by atoms with Crippen LogP contribution in [-0.2, 0) is 11.3 Å². The van der Waals surface area contributed by atoms with E-state index in [-0.39, 0.29) is 24.4 Å². The maximum Gasteiger partial charge on any atom is 0.239 e. The number of amides is 1. The molecule has 1 aromatic rings. The largest absolute Gasteiger partial charge is 0.497 e. The Bertz CT molecular complexity index is 430. The van der Waals surface area contributed by atoms with Crippen LogP contribution in [0.25, 0.3) is 0 Å². The maximum absolute atomic E-state index is 12.5. The molecule has 1 aromatic carbocycles. The Morgan fingerprint density at radius 3 is 2.57 bits per heavy atom. The summed E-state index contributed by atoms with van der Waals surface area (Å²) in [5, 5.41) is 3.33. The minimum Gasteiger partial charge on any atom is -0.497 e. The van der Waals surface area contributed by atoms with Gasteiger partial charge in [0.15, 0.2) is 0 Å². The van der Waals surface area contributed by atoms with E-state index in [1.165, 1.54) is 6.42 Å². The number of rotatable bonds is 5. The van der Waals surface area contributed by atoms with Crippen molar-refractivity contribution in [1.29, 1.82) is 0 Å². The van der Waals surface area contributed by atoms with Crippen LogP contribution in [0.15, 0.2) is 24.3 Å². The number of methoxy groups -OCH3 is 1. The van der Waals surface area contributed by atoms with Gasteiger partial charge in [-0.3, -0.25) is 4.79 Å². The molecule has 1 amide bonds. The van der Waals surface area contributed by atoms with E-state index in [1.54, 1.807) is 7.11 Å². The molecular formula is C16H25ClN2O2. The molecule has 0 saturated carbocycles. The molecule has 0 aromatic heterocycles. The summed E-state index contributed by atoms with van der Waals surface area (Å²) in [5.74, 6) is 1.07. The van der Waals surface area contributed by atoms with Gasteiger partial charge in [0.1, 0.15) is 5.75 Å². The zero-order valence-corrected chi connectivity index (χ0v) is 13.6. The highest BCUT2D eigenvalue weighted by molar-refractivity contribution is 5.85. The van der Waals surface area contributed by atoms with E-state index >= 15 is 0 Å². The molecular weight excluding hydrogens is 288 g/mol. The van der Waals surface area contributed by atoms with Gasteiger partial charge in [-0.15, -0.1) is 12.4 Å². The van der Waals surface area contributed by atoms with Gasteiger partial charge in [0.25, 0.3) is 0 Å². The van der Waals surface area contributed by atoms with E-state index < -0.39 is 0 Å². The van der Waals surface area contributed by atoms with Gasteiger partial charge in [-0.2, -0.15) is 0 Å². The summed E-state index contributed by atoms with van der Waals surface area (Å²) in [7, 11) is 1.66. The Labute approximate surface area is 133 Å². The van der Waals surface area contributed by atoms with E-state index in [4.69, 9.17) is 4.74 Å². The molecule has 21 heavy (non-hydrogen) atoms. The van der Waals surface area contributed by atoms with Gasteiger partial charge in [-0.1, -0.05) is 18.6 Å². The molecule has 0 radical (unpaired) electrons. The first-order valence-electron chi connectivity index (χ1n) is 7.39. The number of hydrogen-bond acceptors (Lipinski definition) is 3. The van der Waals surface area contributed by atoms with Crippen LogP contribution in [0.2, 0.25) is 0 Å². The lowest BCUT2D eigenvalue weighted by molar-refractivity contribution is -0.134. The van der Waals surface area contributed by atoms with Crippen molar-refractivity contribution in [3.05, 3.63) is 29.8 Å². The molecule has 118 valence electrons. The molecule has 1 heterocycles. The predicted molar refractivity (Wildman–Crippen MR) is 87.0 cm³/mol. The van der Waals surface area contributed by atoms with Crippen LogP contribution >= 0.6 is 12.4 Å². The second-order valence-electron chi connectivity index (χ2n) is 5.20. The summed E-state index contributed by atoms with van der Waals surface area (Å²) in [6, 6.07) is 7.91. The lowest BCUT2D eigenvalue weighted by Crippen LogP contribution is -2.48. The van der Waals surface area contributed by atoms with Gasteiger partial charge in [-0.25, -0.2) is 0 Å². The summed E-state index contributed by atoms with van der Waals surface area (Å²) in [5.41, 5.74) is 1.14. The van der Waals surface area contributed by atoms with E-state index in [0.29, 0.717) is 6.54 Å². The van der Waals surface area contributed by atoms with Crippen molar-refractivity contribution >= 4 is 18.3 Å². The molecule has 1 atom stereocenters. The normalized spacial score (nSPS) is 17.7. The SMILES string of the molecule is CCN(Cc1ccc(OC)cc1)C(=O)[C@H]1CCCCN1.Cl. The van der Waals surface area contributed by atoms with Gasteiger partial charge < -0.3 is 15.0 Å². The first-order chi connectivity index (χ1) is 9.74. The fourth-order valence-electron chi connectivity index (χ4n) is 2.58. The Morgan fingerprint density at radius 2 is 2.05 bits per heavy atom. The van der Waals surface area contributed by atoms with Crippen LogP contribution in [0.3, 0.4) is 0 Å². The summed E-state index contributed by atoms with van der Waals surface area (Å²) in [4.78, 5) is 14.4. The van der Waals surface area contributed by atoms with Crippen LogP contribution in [0.5, 0.6) is 5.75 Å². The number of ether oxygens (including phenoxy) is 1. The monoisotopic (exact) mass is 312 g/mol. The number of carbonyl (C=O) groups is 1. The summed E-state index contributed by atoms with van der Waals surface area (Å²) < 4.78 is 5.15. The van der Waals surface area contributed by atoms with E-state index in [0.717, 1.165) is 37.2 Å². The van der Waals surface area contributed by atoms with Crippen LogP contribution < -0.4 is 10.1 Å². The van der Waals surface area contributed by atoms with Gasteiger partial charge >= 0.3 is 0 Å². The van der Waals surface area contributed by atoms with Gasteiger partial charge in [0.05, 0.1) is 13.2 Å². The minimum atomic E-state index is 0. The van der Waals surface area contributed by atoms with Gasteiger partial charge in [0.2, 0.25) is 5.91 Å². The third-order valence-corrected chi connectivity index (χ3v) is 3.83. The molecule has 4 nitrogen and oxygen atoms in total. The quantitative estimate of drug-likeness (QED) is 0.908. The molecule has 5 heteroatoms. The van der Waals surface area contributed by atoms with Crippen molar-refractivity contribution in [2.24, 2.45) is 0 Å². The number of carbonyl (C=O) groups excluding carboxylic acids is 1. The third-order valence-electron chi connectivity index (χ3n) is 3.83. The molecule has 1 saturated heterocycles. The zero-order chi connectivity index (χ0) is 14.4. The lowest BCUT2D eigenvalue weighted by Gasteiger charge is -2.29. The van der Waals surface area contributed by atoms with Crippen LogP contribution in [0.4, 0.5) is 0 Å². The van der Waals surface area contributed by atoms with E-state index in [1.807, 2.05) is 36.1 Å². The van der Waals surface area contributed by atoms with Gasteiger partial charge in [0, 0.05) is 13.1 Å². The van der Waals surface area contributed by atoms with Crippen molar-refractivity contribution in [3.8, 4) is 5.75 Å². The number of piperidine rings is 1. The smallest absolute Gasteiger partial charge is 0.239 e. The van der Waals surface area contributed by atoms with Crippen molar-refractivity contribution in [2.45, 2.75) is 38.8 Å². The van der Waals surface area contributed by atoms with Crippen molar-refractivity contribution in [2.75, 3.05) is 20.2 Å². The van der Waals surface area contributed by atoms with Crippen LogP contribution in [-0.4, -0.2) is 37.0 Å². The number of nitrogens with zero attached hydrogens (tertiary/aromatic N) is 1. The lowest BCUT2D eigenvalue weighted by atomic mass is 10.0. The zero-order valence-electron chi connectivity index (χ0n) is 12.8. The first-order valence-corrected chi connectivity index (χ1v) is 7.39. The van der Waals surface area contributed by atoms with E-state index in [9.17, 15) is 4.79 Å². The fraction of sp³-hybridized carbons (Fsp3) is 0.562. The highest BCUT2D eigenvalue weighted by atomic mass is 35.5. The van der Waals surface area contributed by atoms with Crippen molar-refractivity contribution in [1.82, 2.24) is 10.2 Å². The number of benzene rings is 1. The molecule has 1 aliphatic heterocycles. The molecule has 0 unspecified atom stereocenters. The van der Waals surface area contributed by atoms with Gasteiger partial charge in [-0.05, 0) is 44.0 Å².